The van der Waals surface area contributed by atoms with Gasteiger partial charge in [0.1, 0.15) is 0 Å². The van der Waals surface area contributed by atoms with Crippen LogP contribution < -0.4 is 5.32 Å². The lowest BCUT2D eigenvalue weighted by atomic mass is 10.0. The fraction of sp³-hybridized carbons (Fsp3) is 0.696. The Labute approximate surface area is 177 Å². The SMILES string of the molecule is Cc1ccc(NC(=O)N2CCC(N3CC(F)(F)C[C@H]3COCC3CC3)CC2)c(C)c1. The number of likely N-dealkylation sites (tertiary alicyclic amines) is 2. The van der Waals surface area contributed by atoms with Crippen molar-refractivity contribution in [3.05, 3.63) is 29.3 Å². The number of benzene rings is 1. The van der Waals surface area contributed by atoms with Crippen LogP contribution >= 0.6 is 0 Å². The number of hydrogen-bond donors (Lipinski definition) is 1. The van der Waals surface area contributed by atoms with Crippen molar-refractivity contribution >= 4 is 11.7 Å². The molecular weight excluding hydrogens is 388 g/mol. The molecule has 3 aliphatic rings. The first kappa shape index (κ1) is 21.5. The molecule has 1 aromatic carbocycles. The molecule has 2 aliphatic heterocycles. The third kappa shape index (κ3) is 5.30. The largest absolute Gasteiger partial charge is 0.380 e. The van der Waals surface area contributed by atoms with Crippen LogP contribution in [0.1, 0.15) is 43.2 Å². The Morgan fingerprint density at radius 3 is 2.57 bits per heavy atom. The minimum Gasteiger partial charge on any atom is -0.380 e. The predicted molar refractivity (Wildman–Crippen MR) is 113 cm³/mol. The number of urea groups is 1. The summed E-state index contributed by atoms with van der Waals surface area (Å²) in [6.07, 6.45) is 3.72. The van der Waals surface area contributed by atoms with E-state index < -0.39 is 5.92 Å². The zero-order valence-corrected chi connectivity index (χ0v) is 18.0. The molecule has 1 aromatic rings. The van der Waals surface area contributed by atoms with Gasteiger partial charge in [-0.25, -0.2) is 13.6 Å². The van der Waals surface area contributed by atoms with Gasteiger partial charge in [-0.3, -0.25) is 4.90 Å². The number of piperidine rings is 1. The highest BCUT2D eigenvalue weighted by Gasteiger charge is 2.47. The topological polar surface area (TPSA) is 44.8 Å². The van der Waals surface area contributed by atoms with Crippen LogP contribution in [-0.2, 0) is 4.74 Å². The molecule has 2 saturated heterocycles. The fourth-order valence-corrected chi connectivity index (χ4v) is 4.71. The van der Waals surface area contributed by atoms with E-state index in [1.807, 2.05) is 36.9 Å². The Morgan fingerprint density at radius 2 is 1.90 bits per heavy atom. The fourth-order valence-electron chi connectivity index (χ4n) is 4.71. The molecule has 30 heavy (non-hydrogen) atoms. The number of nitrogens with one attached hydrogen (secondary N) is 1. The molecule has 7 heteroatoms. The van der Waals surface area contributed by atoms with Crippen LogP contribution in [-0.4, -0.2) is 66.7 Å². The number of ether oxygens (including phenoxy) is 1. The maximum atomic E-state index is 14.1. The highest BCUT2D eigenvalue weighted by Crippen LogP contribution is 2.36. The molecule has 1 N–H and O–H groups in total. The number of carbonyl (C=O) groups is 1. The summed E-state index contributed by atoms with van der Waals surface area (Å²) in [5.41, 5.74) is 3.01. The van der Waals surface area contributed by atoms with Crippen LogP contribution in [0.5, 0.6) is 0 Å². The third-order valence-electron chi connectivity index (χ3n) is 6.62. The summed E-state index contributed by atoms with van der Waals surface area (Å²) < 4.78 is 34.0. The monoisotopic (exact) mass is 421 g/mol. The summed E-state index contributed by atoms with van der Waals surface area (Å²) in [7, 11) is 0. The van der Waals surface area contributed by atoms with Gasteiger partial charge in [-0.05, 0) is 57.1 Å². The Kier molecular flexibility index (Phi) is 6.30. The summed E-state index contributed by atoms with van der Waals surface area (Å²) in [5, 5.41) is 2.99. The second kappa shape index (κ2) is 8.79. The first-order chi connectivity index (χ1) is 14.3. The summed E-state index contributed by atoms with van der Waals surface area (Å²) in [4.78, 5) is 16.4. The van der Waals surface area contributed by atoms with Gasteiger partial charge < -0.3 is 15.0 Å². The van der Waals surface area contributed by atoms with Crippen molar-refractivity contribution in [2.24, 2.45) is 5.92 Å². The lowest BCUT2D eigenvalue weighted by molar-refractivity contribution is 0.00378. The molecule has 0 bridgehead atoms. The summed E-state index contributed by atoms with van der Waals surface area (Å²) >= 11 is 0. The second-order valence-electron chi connectivity index (χ2n) is 9.33. The van der Waals surface area contributed by atoms with E-state index in [4.69, 9.17) is 4.74 Å². The van der Waals surface area contributed by atoms with Crippen molar-refractivity contribution in [3.8, 4) is 0 Å². The summed E-state index contributed by atoms with van der Waals surface area (Å²) in [6, 6.07) is 5.69. The molecule has 0 radical (unpaired) electrons. The number of amides is 2. The van der Waals surface area contributed by atoms with E-state index in [9.17, 15) is 13.6 Å². The minimum absolute atomic E-state index is 0.0815. The number of carbonyl (C=O) groups excluding carboxylic acids is 1. The molecule has 5 nitrogen and oxygen atoms in total. The van der Waals surface area contributed by atoms with Crippen molar-refractivity contribution in [2.45, 2.75) is 64.0 Å². The van der Waals surface area contributed by atoms with Gasteiger partial charge in [-0.2, -0.15) is 0 Å². The lowest BCUT2D eigenvalue weighted by Crippen LogP contribution is -2.50. The van der Waals surface area contributed by atoms with Gasteiger partial charge in [0.15, 0.2) is 0 Å². The highest BCUT2D eigenvalue weighted by atomic mass is 19.3. The standard InChI is InChI=1S/C23H33F2N3O2/c1-16-3-6-21(17(2)11-16)26-22(29)27-9-7-19(8-10-27)28-15-23(24,25)12-20(28)14-30-13-18-4-5-18/h3,6,11,18-20H,4-5,7-10,12-15H2,1-2H3,(H,26,29)/t20-/m0/s1. The zero-order valence-electron chi connectivity index (χ0n) is 18.0. The maximum Gasteiger partial charge on any atom is 0.321 e. The number of nitrogens with zero attached hydrogens (tertiary/aromatic N) is 2. The Morgan fingerprint density at radius 1 is 1.17 bits per heavy atom. The van der Waals surface area contributed by atoms with Crippen LogP contribution in [0.25, 0.3) is 0 Å². The number of alkyl halides is 2. The summed E-state index contributed by atoms with van der Waals surface area (Å²) in [6.45, 7) is 6.07. The summed E-state index contributed by atoms with van der Waals surface area (Å²) in [5.74, 6) is -2.01. The van der Waals surface area contributed by atoms with Crippen molar-refractivity contribution in [1.82, 2.24) is 9.80 Å². The van der Waals surface area contributed by atoms with E-state index in [0.29, 0.717) is 32.2 Å². The van der Waals surface area contributed by atoms with Crippen molar-refractivity contribution < 1.29 is 18.3 Å². The molecule has 1 atom stereocenters. The lowest BCUT2D eigenvalue weighted by Gasteiger charge is -2.39. The van der Waals surface area contributed by atoms with Gasteiger partial charge >= 0.3 is 6.03 Å². The van der Waals surface area contributed by atoms with Gasteiger partial charge in [0.2, 0.25) is 0 Å². The van der Waals surface area contributed by atoms with E-state index in [1.54, 1.807) is 4.90 Å². The quantitative estimate of drug-likeness (QED) is 0.739. The molecule has 0 unspecified atom stereocenters. The molecule has 1 saturated carbocycles. The van der Waals surface area contributed by atoms with Crippen molar-refractivity contribution in [1.29, 1.82) is 0 Å². The first-order valence-electron chi connectivity index (χ1n) is 11.2. The average molecular weight is 422 g/mol. The number of rotatable bonds is 6. The number of anilines is 1. The number of halogens is 2. The molecule has 0 spiro atoms. The van der Waals surface area contributed by atoms with E-state index in [1.165, 1.54) is 12.8 Å². The molecule has 166 valence electrons. The van der Waals surface area contributed by atoms with Crippen LogP contribution in [0.15, 0.2) is 18.2 Å². The highest BCUT2D eigenvalue weighted by molar-refractivity contribution is 5.90. The van der Waals surface area contributed by atoms with Gasteiger partial charge in [-0.1, -0.05) is 17.7 Å². The van der Waals surface area contributed by atoms with Crippen LogP contribution in [0.2, 0.25) is 0 Å². The van der Waals surface area contributed by atoms with Crippen LogP contribution in [0.4, 0.5) is 19.3 Å². The normalized spacial score (nSPS) is 24.9. The number of aryl methyl sites for hydroxylation is 2. The molecule has 3 fully saturated rings. The number of hydrogen-bond acceptors (Lipinski definition) is 3. The molecular formula is C23H33F2N3O2. The zero-order chi connectivity index (χ0) is 21.3. The molecule has 4 rings (SSSR count). The predicted octanol–water partition coefficient (Wildman–Crippen LogP) is 4.44. The second-order valence-corrected chi connectivity index (χ2v) is 9.33. The Bertz CT molecular complexity index is 761. The smallest absolute Gasteiger partial charge is 0.321 e. The Hall–Kier alpha value is -1.73. The van der Waals surface area contributed by atoms with Crippen LogP contribution in [0.3, 0.4) is 0 Å². The van der Waals surface area contributed by atoms with Crippen molar-refractivity contribution in [2.75, 3.05) is 38.2 Å². The van der Waals surface area contributed by atoms with E-state index in [-0.39, 0.29) is 31.1 Å². The molecule has 2 heterocycles. The average Bonchev–Trinajstić information content (AvgIpc) is 3.46. The van der Waals surface area contributed by atoms with Gasteiger partial charge in [0.05, 0.1) is 13.2 Å². The minimum atomic E-state index is -2.65. The van der Waals surface area contributed by atoms with E-state index >= 15 is 0 Å². The van der Waals surface area contributed by atoms with Gasteiger partial charge in [0.25, 0.3) is 5.92 Å². The maximum absolute atomic E-state index is 14.1. The van der Waals surface area contributed by atoms with E-state index in [2.05, 4.69) is 5.32 Å². The van der Waals surface area contributed by atoms with Gasteiger partial charge in [0, 0.05) is 43.9 Å². The molecule has 1 aliphatic carbocycles. The van der Waals surface area contributed by atoms with Crippen LogP contribution in [0, 0.1) is 19.8 Å². The van der Waals surface area contributed by atoms with Gasteiger partial charge in [-0.15, -0.1) is 0 Å². The molecule has 2 amide bonds. The third-order valence-corrected chi connectivity index (χ3v) is 6.62. The molecule has 0 aromatic heterocycles. The first-order valence-corrected chi connectivity index (χ1v) is 11.2. The van der Waals surface area contributed by atoms with E-state index in [0.717, 1.165) is 29.7 Å². The Balaban J connectivity index is 1.29. The van der Waals surface area contributed by atoms with Crippen molar-refractivity contribution in [3.63, 3.8) is 0 Å².